The molecule has 0 aliphatic rings. The lowest BCUT2D eigenvalue weighted by atomic mass is 10.2. The predicted octanol–water partition coefficient (Wildman–Crippen LogP) is 0.903. The molecule has 0 amide bonds. The summed E-state index contributed by atoms with van der Waals surface area (Å²) in [6, 6.07) is 0. The first-order chi connectivity index (χ1) is 4.42. The van der Waals surface area contributed by atoms with Gasteiger partial charge in [0, 0.05) is 6.42 Å². The Balaban J connectivity index is 3.21. The Morgan fingerprint density at radius 1 is 1.20 bits per heavy atom. The van der Waals surface area contributed by atoms with Crippen molar-refractivity contribution in [1.29, 1.82) is 0 Å². The lowest BCUT2D eigenvalue weighted by Crippen LogP contribution is -2.26. The maximum Gasteiger partial charge on any atom is 0.275 e. The second-order valence-electron chi connectivity index (χ2n) is 2.06. The Hall–Kier alpha value is 0.840. The highest BCUT2D eigenvalue weighted by molar-refractivity contribution is 9.24. The highest BCUT2D eigenvalue weighted by atomic mass is 79.9. The average molecular weight is 278 g/mol. The largest absolute Gasteiger partial charge is 0.344 e. The fourth-order valence-electron chi connectivity index (χ4n) is 0.494. The van der Waals surface area contributed by atoms with Gasteiger partial charge in [-0.25, -0.2) is 0 Å². The van der Waals surface area contributed by atoms with Crippen LogP contribution in [0.3, 0.4) is 0 Å². The molecule has 0 aliphatic carbocycles. The van der Waals surface area contributed by atoms with Crippen molar-refractivity contribution in [1.82, 2.24) is 0 Å². The lowest BCUT2D eigenvalue weighted by Gasteiger charge is -2.13. The Kier molecular flexibility index (Phi) is 5.06. The quantitative estimate of drug-likeness (QED) is 0.529. The zero-order valence-corrected chi connectivity index (χ0v) is 8.47. The maximum absolute atomic E-state index is 8.41. The summed E-state index contributed by atoms with van der Waals surface area (Å²) in [4.78, 5) is 0. The van der Waals surface area contributed by atoms with Crippen LogP contribution >= 0.6 is 31.9 Å². The SMILES string of the molecule is OC(O)(O)CCCC(Br)Br. The van der Waals surface area contributed by atoms with E-state index in [0.717, 1.165) is 6.42 Å². The van der Waals surface area contributed by atoms with Gasteiger partial charge in [-0.1, -0.05) is 31.9 Å². The molecule has 0 heterocycles. The van der Waals surface area contributed by atoms with Gasteiger partial charge in [0.1, 0.15) is 0 Å². The Morgan fingerprint density at radius 2 is 1.70 bits per heavy atom. The molecule has 62 valence electrons. The number of alkyl halides is 2. The molecule has 0 fully saturated rings. The third-order valence-electron chi connectivity index (χ3n) is 0.935. The normalized spacial score (nSPS) is 12.6. The molecule has 3 N–H and O–H groups in total. The Labute approximate surface area is 76.3 Å². The minimum absolute atomic E-state index is 0.0271. The van der Waals surface area contributed by atoms with Crippen molar-refractivity contribution in [2.75, 3.05) is 0 Å². The van der Waals surface area contributed by atoms with Crippen LogP contribution in [0, 0.1) is 0 Å². The molecule has 0 aliphatic heterocycles. The van der Waals surface area contributed by atoms with E-state index in [0.29, 0.717) is 6.42 Å². The number of hydrogen-bond acceptors (Lipinski definition) is 3. The molecular weight excluding hydrogens is 268 g/mol. The number of aliphatic hydroxyl groups is 3. The minimum atomic E-state index is -2.51. The van der Waals surface area contributed by atoms with Crippen LogP contribution in [-0.2, 0) is 0 Å². The molecule has 0 spiro atoms. The van der Waals surface area contributed by atoms with Gasteiger partial charge in [-0.05, 0) is 12.8 Å². The van der Waals surface area contributed by atoms with E-state index in [1.165, 1.54) is 0 Å². The smallest absolute Gasteiger partial charge is 0.275 e. The monoisotopic (exact) mass is 276 g/mol. The highest BCUT2D eigenvalue weighted by Crippen LogP contribution is 2.17. The van der Waals surface area contributed by atoms with Crippen LogP contribution in [0.4, 0.5) is 0 Å². The molecule has 5 heteroatoms. The van der Waals surface area contributed by atoms with Crippen molar-refractivity contribution in [3.8, 4) is 0 Å². The summed E-state index contributed by atoms with van der Waals surface area (Å²) >= 11 is 6.43. The predicted molar refractivity (Wildman–Crippen MR) is 44.9 cm³/mol. The maximum atomic E-state index is 8.41. The average Bonchev–Trinajstić information content (AvgIpc) is 1.59. The van der Waals surface area contributed by atoms with Gasteiger partial charge in [0.15, 0.2) is 0 Å². The summed E-state index contributed by atoms with van der Waals surface area (Å²) in [6.07, 6.45) is 1.26. The molecular formula is C5H10Br2O3. The zero-order chi connectivity index (χ0) is 8.20. The van der Waals surface area contributed by atoms with Crippen LogP contribution < -0.4 is 0 Å². The van der Waals surface area contributed by atoms with Crippen molar-refractivity contribution < 1.29 is 15.3 Å². The second kappa shape index (κ2) is 4.66. The first-order valence-corrected chi connectivity index (χ1v) is 4.70. The summed E-state index contributed by atoms with van der Waals surface area (Å²) in [7, 11) is 0. The van der Waals surface area contributed by atoms with Gasteiger partial charge in [0.25, 0.3) is 5.97 Å². The summed E-state index contributed by atoms with van der Waals surface area (Å²) < 4.78 is 0.169. The van der Waals surface area contributed by atoms with E-state index < -0.39 is 5.97 Å². The molecule has 3 nitrogen and oxygen atoms in total. The van der Waals surface area contributed by atoms with Gasteiger partial charge in [-0.2, -0.15) is 0 Å². The Bertz CT molecular complexity index is 89.4. The molecule has 0 saturated heterocycles. The second-order valence-corrected chi connectivity index (χ2v) is 5.50. The van der Waals surface area contributed by atoms with Crippen molar-refractivity contribution in [3.05, 3.63) is 0 Å². The first kappa shape index (κ1) is 10.8. The van der Waals surface area contributed by atoms with Crippen LogP contribution in [0.2, 0.25) is 0 Å². The topological polar surface area (TPSA) is 60.7 Å². The fraction of sp³-hybridized carbons (Fsp3) is 1.00. The fourth-order valence-corrected chi connectivity index (χ4v) is 1.14. The molecule has 10 heavy (non-hydrogen) atoms. The number of rotatable bonds is 4. The van der Waals surface area contributed by atoms with E-state index in [1.54, 1.807) is 0 Å². The molecule has 0 aromatic carbocycles. The summed E-state index contributed by atoms with van der Waals surface area (Å²) in [6.45, 7) is 0. The zero-order valence-electron chi connectivity index (χ0n) is 5.30. The van der Waals surface area contributed by atoms with Gasteiger partial charge < -0.3 is 15.3 Å². The van der Waals surface area contributed by atoms with Crippen molar-refractivity contribution in [3.63, 3.8) is 0 Å². The van der Waals surface area contributed by atoms with Gasteiger partial charge in [-0.15, -0.1) is 0 Å². The molecule has 0 bridgehead atoms. The number of hydrogen-bond donors (Lipinski definition) is 3. The van der Waals surface area contributed by atoms with E-state index in [-0.39, 0.29) is 10.2 Å². The third-order valence-corrected chi connectivity index (χ3v) is 1.85. The van der Waals surface area contributed by atoms with Crippen LogP contribution in [0.25, 0.3) is 0 Å². The van der Waals surface area contributed by atoms with Gasteiger partial charge in [-0.3, -0.25) is 0 Å². The van der Waals surface area contributed by atoms with Crippen LogP contribution in [0.1, 0.15) is 19.3 Å². The van der Waals surface area contributed by atoms with Crippen LogP contribution in [0.5, 0.6) is 0 Å². The number of halogens is 2. The molecule has 0 atom stereocenters. The van der Waals surface area contributed by atoms with Crippen LogP contribution in [0.15, 0.2) is 0 Å². The highest BCUT2D eigenvalue weighted by Gasteiger charge is 2.17. The van der Waals surface area contributed by atoms with Crippen molar-refractivity contribution in [2.24, 2.45) is 0 Å². The standard InChI is InChI=1S/C5H10Br2O3/c6-4(7)2-1-3-5(8,9)10/h4,8-10H,1-3H2. The van der Waals surface area contributed by atoms with E-state index in [9.17, 15) is 0 Å². The summed E-state index contributed by atoms with van der Waals surface area (Å²) in [5.74, 6) is -2.51. The molecule has 0 rings (SSSR count). The Morgan fingerprint density at radius 3 is 2.00 bits per heavy atom. The van der Waals surface area contributed by atoms with Crippen molar-refractivity contribution in [2.45, 2.75) is 29.0 Å². The summed E-state index contributed by atoms with van der Waals surface area (Å²) in [5.41, 5.74) is 0. The third kappa shape index (κ3) is 8.84. The van der Waals surface area contributed by atoms with E-state index in [2.05, 4.69) is 31.9 Å². The molecule has 0 aromatic rings. The molecule has 0 radical (unpaired) electrons. The first-order valence-electron chi connectivity index (χ1n) is 2.87. The van der Waals surface area contributed by atoms with E-state index in [1.807, 2.05) is 0 Å². The van der Waals surface area contributed by atoms with E-state index >= 15 is 0 Å². The molecule has 0 saturated carbocycles. The minimum Gasteiger partial charge on any atom is -0.344 e. The van der Waals surface area contributed by atoms with Crippen molar-refractivity contribution >= 4 is 31.9 Å². The molecule has 0 aromatic heterocycles. The molecule has 0 unspecified atom stereocenters. The van der Waals surface area contributed by atoms with Gasteiger partial charge in [0.05, 0.1) is 3.74 Å². The van der Waals surface area contributed by atoms with E-state index in [4.69, 9.17) is 15.3 Å². The van der Waals surface area contributed by atoms with Crippen LogP contribution in [-0.4, -0.2) is 25.0 Å². The van der Waals surface area contributed by atoms with Gasteiger partial charge >= 0.3 is 0 Å². The van der Waals surface area contributed by atoms with Gasteiger partial charge in [0.2, 0.25) is 0 Å². The summed E-state index contributed by atoms with van der Waals surface area (Å²) in [5, 5.41) is 25.2. The lowest BCUT2D eigenvalue weighted by molar-refractivity contribution is -0.314.